The highest BCUT2D eigenvalue weighted by Crippen LogP contribution is 2.33. The van der Waals surface area contributed by atoms with Gasteiger partial charge in [0.05, 0.1) is 17.7 Å². The predicted molar refractivity (Wildman–Crippen MR) is 176 cm³/mol. The van der Waals surface area contributed by atoms with Crippen molar-refractivity contribution < 1.29 is 22.7 Å². The number of halogens is 1. The number of nitrogens with one attached hydrogen (secondary N) is 1. The molecule has 44 heavy (non-hydrogen) atoms. The van der Waals surface area contributed by atoms with E-state index < -0.39 is 28.5 Å². The molecular weight excluding hydrogens is 642 g/mol. The minimum absolute atomic E-state index is 0.0323. The number of rotatable bonds is 13. The molecule has 230 valence electrons. The van der Waals surface area contributed by atoms with E-state index in [9.17, 15) is 18.0 Å². The number of amides is 2. The van der Waals surface area contributed by atoms with Crippen molar-refractivity contribution in [2.24, 2.45) is 0 Å². The second-order valence-corrected chi connectivity index (χ2v) is 13.0. The van der Waals surface area contributed by atoms with Gasteiger partial charge in [0.15, 0.2) is 0 Å². The Balaban J connectivity index is 1.82. The van der Waals surface area contributed by atoms with Gasteiger partial charge in [-0.2, -0.15) is 0 Å². The average Bonchev–Trinajstić information content (AvgIpc) is 3.02. The molecule has 0 radical (unpaired) electrons. The second-order valence-electron chi connectivity index (χ2n) is 10.2. The van der Waals surface area contributed by atoms with E-state index in [-0.39, 0.29) is 29.5 Å². The number of aryl methyl sites for hydroxylation is 1. The van der Waals surface area contributed by atoms with E-state index in [1.807, 2.05) is 68.4 Å². The van der Waals surface area contributed by atoms with Crippen LogP contribution in [0, 0.1) is 6.92 Å². The number of nitrogens with zero attached hydrogens (tertiary/aromatic N) is 2. The number of benzene rings is 4. The lowest BCUT2D eigenvalue weighted by Crippen LogP contribution is -2.53. The zero-order valence-corrected chi connectivity index (χ0v) is 27.3. The molecule has 4 aromatic rings. The number of para-hydroxylation sites is 2. The van der Waals surface area contributed by atoms with Crippen LogP contribution in [0.4, 0.5) is 5.69 Å². The van der Waals surface area contributed by atoms with Crippen LogP contribution in [0.3, 0.4) is 0 Å². The van der Waals surface area contributed by atoms with Crippen molar-refractivity contribution in [3.63, 3.8) is 0 Å². The molecular formula is C34H36BrN3O5S. The van der Waals surface area contributed by atoms with Gasteiger partial charge in [0.1, 0.15) is 18.3 Å². The molecule has 0 fully saturated rings. The summed E-state index contributed by atoms with van der Waals surface area (Å²) >= 11 is 3.49. The SMILES string of the molecule is CCNC(=O)C(Cc1ccccc1)N(Cc1cccc(Br)c1)C(=O)CN(c1ccccc1OC)S(=O)(=O)c1ccc(C)cc1. The Morgan fingerprint density at radius 3 is 2.20 bits per heavy atom. The summed E-state index contributed by atoms with van der Waals surface area (Å²) in [6, 6.07) is 29.1. The number of anilines is 1. The van der Waals surface area contributed by atoms with Crippen molar-refractivity contribution in [3.05, 3.63) is 124 Å². The van der Waals surface area contributed by atoms with Crippen molar-refractivity contribution in [2.75, 3.05) is 24.5 Å². The molecule has 1 N–H and O–H groups in total. The smallest absolute Gasteiger partial charge is 0.264 e. The molecule has 0 bridgehead atoms. The molecule has 0 spiro atoms. The van der Waals surface area contributed by atoms with Crippen molar-refractivity contribution in [2.45, 2.75) is 37.8 Å². The van der Waals surface area contributed by atoms with Gasteiger partial charge in [-0.1, -0.05) is 88.2 Å². The van der Waals surface area contributed by atoms with Gasteiger partial charge >= 0.3 is 0 Å². The van der Waals surface area contributed by atoms with Gasteiger partial charge in [-0.25, -0.2) is 8.42 Å². The highest BCUT2D eigenvalue weighted by Gasteiger charge is 2.35. The Morgan fingerprint density at radius 2 is 1.55 bits per heavy atom. The molecule has 0 aromatic heterocycles. The number of hydrogen-bond donors (Lipinski definition) is 1. The number of carbonyl (C=O) groups is 2. The lowest BCUT2D eigenvalue weighted by Gasteiger charge is -2.34. The standard InChI is InChI=1S/C34H36BrN3O5S/c1-4-36-34(40)31(22-26-11-6-5-7-12-26)37(23-27-13-10-14-28(35)21-27)33(39)24-38(30-15-8-9-16-32(30)43-3)44(41,42)29-19-17-25(2)18-20-29/h5-21,31H,4,22-24H2,1-3H3,(H,36,40). The van der Waals surface area contributed by atoms with Crippen molar-refractivity contribution in [1.82, 2.24) is 10.2 Å². The fraction of sp³-hybridized carbons (Fsp3) is 0.235. The van der Waals surface area contributed by atoms with E-state index in [2.05, 4.69) is 21.2 Å². The summed E-state index contributed by atoms with van der Waals surface area (Å²) < 4.78 is 35.8. The van der Waals surface area contributed by atoms with E-state index >= 15 is 0 Å². The van der Waals surface area contributed by atoms with Gasteiger partial charge in [0, 0.05) is 24.0 Å². The molecule has 0 saturated heterocycles. The van der Waals surface area contributed by atoms with Crippen LogP contribution in [-0.4, -0.2) is 51.4 Å². The zero-order chi connectivity index (χ0) is 31.7. The first-order valence-corrected chi connectivity index (χ1v) is 16.4. The summed E-state index contributed by atoms with van der Waals surface area (Å²) in [4.78, 5) is 29.6. The third-order valence-electron chi connectivity index (χ3n) is 7.11. The van der Waals surface area contributed by atoms with Crippen LogP contribution in [-0.2, 0) is 32.6 Å². The van der Waals surface area contributed by atoms with Gasteiger partial charge in [-0.15, -0.1) is 0 Å². The molecule has 0 aliphatic carbocycles. The maximum Gasteiger partial charge on any atom is 0.264 e. The maximum absolute atomic E-state index is 14.5. The number of likely N-dealkylation sites (N-methyl/N-ethyl adjacent to an activating group) is 1. The highest BCUT2D eigenvalue weighted by atomic mass is 79.9. The van der Waals surface area contributed by atoms with E-state index in [1.54, 1.807) is 36.4 Å². The van der Waals surface area contributed by atoms with Crippen LogP contribution in [0.2, 0.25) is 0 Å². The summed E-state index contributed by atoms with van der Waals surface area (Å²) in [6.45, 7) is 3.58. The molecule has 4 aromatic carbocycles. The van der Waals surface area contributed by atoms with Crippen molar-refractivity contribution >= 4 is 43.5 Å². The molecule has 1 atom stereocenters. The maximum atomic E-state index is 14.5. The van der Waals surface area contributed by atoms with Gasteiger partial charge < -0.3 is 15.0 Å². The molecule has 2 amide bonds. The molecule has 4 rings (SSSR count). The van der Waals surface area contributed by atoms with Crippen LogP contribution in [0.5, 0.6) is 5.75 Å². The van der Waals surface area contributed by atoms with Crippen LogP contribution in [0.25, 0.3) is 0 Å². The summed E-state index contributed by atoms with van der Waals surface area (Å²) in [5.41, 5.74) is 2.75. The molecule has 1 unspecified atom stereocenters. The molecule has 0 heterocycles. The molecule has 0 saturated carbocycles. The first-order chi connectivity index (χ1) is 21.1. The number of hydrogen-bond acceptors (Lipinski definition) is 5. The molecule has 0 aliphatic heterocycles. The van der Waals surface area contributed by atoms with Crippen LogP contribution in [0.15, 0.2) is 112 Å². The van der Waals surface area contributed by atoms with E-state index in [1.165, 1.54) is 24.1 Å². The fourth-order valence-corrected chi connectivity index (χ4v) is 6.74. The average molecular weight is 679 g/mol. The predicted octanol–water partition coefficient (Wildman–Crippen LogP) is 5.74. The third-order valence-corrected chi connectivity index (χ3v) is 9.37. The zero-order valence-electron chi connectivity index (χ0n) is 24.9. The number of methoxy groups -OCH3 is 1. The normalized spacial score (nSPS) is 11.8. The fourth-order valence-electron chi connectivity index (χ4n) is 4.86. The first-order valence-electron chi connectivity index (χ1n) is 14.2. The summed E-state index contributed by atoms with van der Waals surface area (Å²) in [5, 5.41) is 2.87. The van der Waals surface area contributed by atoms with Crippen molar-refractivity contribution in [3.8, 4) is 5.75 Å². The summed E-state index contributed by atoms with van der Waals surface area (Å²) in [5.74, 6) is -0.581. The van der Waals surface area contributed by atoms with Gasteiger partial charge in [0.25, 0.3) is 10.0 Å². The van der Waals surface area contributed by atoms with Crippen LogP contribution < -0.4 is 14.4 Å². The topological polar surface area (TPSA) is 96.0 Å². The first kappa shape index (κ1) is 32.8. The van der Waals surface area contributed by atoms with Gasteiger partial charge in [-0.3, -0.25) is 13.9 Å². The Bertz CT molecular complexity index is 1680. The van der Waals surface area contributed by atoms with E-state index in [4.69, 9.17) is 4.74 Å². The molecule has 10 heteroatoms. The Hall–Kier alpha value is -4.15. The Labute approximate surface area is 267 Å². The van der Waals surface area contributed by atoms with Crippen molar-refractivity contribution in [1.29, 1.82) is 0 Å². The van der Waals surface area contributed by atoms with Gasteiger partial charge in [0.2, 0.25) is 11.8 Å². The summed E-state index contributed by atoms with van der Waals surface area (Å²) in [7, 11) is -2.78. The monoisotopic (exact) mass is 677 g/mol. The third kappa shape index (κ3) is 8.06. The highest BCUT2D eigenvalue weighted by molar-refractivity contribution is 9.10. The molecule has 8 nitrogen and oxygen atoms in total. The van der Waals surface area contributed by atoms with Crippen LogP contribution in [0.1, 0.15) is 23.6 Å². The number of carbonyl (C=O) groups excluding carboxylic acids is 2. The lowest BCUT2D eigenvalue weighted by molar-refractivity contribution is -0.140. The number of sulfonamides is 1. The minimum Gasteiger partial charge on any atom is -0.495 e. The summed E-state index contributed by atoms with van der Waals surface area (Å²) in [6.07, 6.45) is 0.242. The Kier molecular flexibility index (Phi) is 11.2. The largest absolute Gasteiger partial charge is 0.495 e. The van der Waals surface area contributed by atoms with E-state index in [0.717, 1.165) is 25.5 Å². The van der Waals surface area contributed by atoms with Crippen LogP contribution >= 0.6 is 15.9 Å². The Morgan fingerprint density at radius 1 is 0.886 bits per heavy atom. The minimum atomic E-state index is -4.23. The number of ether oxygens (including phenoxy) is 1. The quantitative estimate of drug-likeness (QED) is 0.195. The second kappa shape index (κ2) is 15.0. The lowest BCUT2D eigenvalue weighted by atomic mass is 10.0. The van der Waals surface area contributed by atoms with E-state index in [0.29, 0.717) is 12.3 Å². The van der Waals surface area contributed by atoms with Gasteiger partial charge in [-0.05, 0) is 61.4 Å². The molecule has 0 aliphatic rings.